The maximum absolute atomic E-state index is 12.4. The molecule has 3 aromatic rings. The number of halogens is 1. The smallest absolute Gasteiger partial charge is 0.270 e. The Balaban J connectivity index is 1.66. The lowest BCUT2D eigenvalue weighted by Crippen LogP contribution is -2.24. The first-order chi connectivity index (χ1) is 12.6. The highest BCUT2D eigenvalue weighted by atomic mass is 35.5. The van der Waals surface area contributed by atoms with Crippen LogP contribution in [0.5, 0.6) is 0 Å². The molecule has 0 radical (unpaired) electrons. The second-order valence-electron chi connectivity index (χ2n) is 5.70. The van der Waals surface area contributed by atoms with E-state index in [-0.39, 0.29) is 5.91 Å². The molecule has 2 N–H and O–H groups in total. The predicted octanol–water partition coefficient (Wildman–Crippen LogP) is 3.38. The molecule has 132 valence electrons. The van der Waals surface area contributed by atoms with Crippen LogP contribution in [0.1, 0.15) is 27.3 Å². The van der Waals surface area contributed by atoms with E-state index in [0.717, 1.165) is 11.1 Å². The first-order valence-corrected chi connectivity index (χ1v) is 8.49. The molecule has 0 unspecified atom stereocenters. The summed E-state index contributed by atoms with van der Waals surface area (Å²) in [5.41, 5.74) is 2.92. The fraction of sp³-hybridized carbons (Fsp3) is 0.158. The van der Waals surface area contributed by atoms with E-state index in [1.165, 1.54) is 0 Å². The maximum atomic E-state index is 12.4. The number of aromatic nitrogens is 3. The van der Waals surface area contributed by atoms with Crippen molar-refractivity contribution >= 4 is 23.5 Å². The van der Waals surface area contributed by atoms with Crippen molar-refractivity contribution in [3.8, 4) is 0 Å². The first kappa shape index (κ1) is 17.8. The number of carbonyl (C=O) groups is 1. The molecule has 1 amide bonds. The Morgan fingerprint density at radius 2 is 1.85 bits per heavy atom. The summed E-state index contributed by atoms with van der Waals surface area (Å²) in [4.78, 5) is 25.0. The van der Waals surface area contributed by atoms with Crippen LogP contribution in [-0.4, -0.2) is 20.9 Å². The molecule has 0 atom stereocenters. The second-order valence-corrected chi connectivity index (χ2v) is 6.11. The van der Waals surface area contributed by atoms with E-state index in [4.69, 9.17) is 11.6 Å². The van der Waals surface area contributed by atoms with Gasteiger partial charge in [0, 0.05) is 36.2 Å². The van der Waals surface area contributed by atoms with Crippen LogP contribution in [0.3, 0.4) is 0 Å². The molecule has 2 aromatic heterocycles. The summed E-state index contributed by atoms with van der Waals surface area (Å²) < 4.78 is 0. The van der Waals surface area contributed by atoms with Gasteiger partial charge in [-0.25, -0.2) is 9.97 Å². The monoisotopic (exact) mass is 367 g/mol. The lowest BCUT2D eigenvalue weighted by atomic mass is 10.2. The lowest BCUT2D eigenvalue weighted by molar-refractivity contribution is 0.0946. The molecule has 0 spiro atoms. The van der Waals surface area contributed by atoms with Gasteiger partial charge >= 0.3 is 0 Å². The van der Waals surface area contributed by atoms with Gasteiger partial charge < -0.3 is 10.6 Å². The third-order valence-electron chi connectivity index (χ3n) is 3.68. The van der Waals surface area contributed by atoms with Crippen molar-refractivity contribution in [1.82, 2.24) is 20.3 Å². The Morgan fingerprint density at radius 3 is 2.62 bits per heavy atom. The Morgan fingerprint density at radius 1 is 1.08 bits per heavy atom. The molecular formula is C19H18ClN5O. The van der Waals surface area contributed by atoms with Crippen molar-refractivity contribution < 1.29 is 4.79 Å². The molecule has 0 aliphatic carbocycles. The molecule has 1 aromatic carbocycles. The Bertz CT molecular complexity index is 901. The number of carbonyl (C=O) groups excluding carboxylic acids is 1. The van der Waals surface area contributed by atoms with Gasteiger partial charge in [0.25, 0.3) is 5.91 Å². The lowest BCUT2D eigenvalue weighted by Gasteiger charge is -2.09. The fourth-order valence-electron chi connectivity index (χ4n) is 2.35. The summed E-state index contributed by atoms with van der Waals surface area (Å²) in [5.74, 6) is 0.132. The summed E-state index contributed by atoms with van der Waals surface area (Å²) in [6.45, 7) is 2.71. The van der Waals surface area contributed by atoms with Crippen molar-refractivity contribution in [3.05, 3.63) is 82.4 Å². The fourth-order valence-corrected chi connectivity index (χ4v) is 2.56. The van der Waals surface area contributed by atoms with E-state index in [1.54, 1.807) is 24.5 Å². The Labute approximate surface area is 156 Å². The molecule has 0 bridgehead atoms. The van der Waals surface area contributed by atoms with E-state index in [9.17, 15) is 4.79 Å². The molecule has 0 saturated heterocycles. The number of amides is 1. The van der Waals surface area contributed by atoms with Crippen LogP contribution in [0.4, 0.5) is 5.95 Å². The molecule has 0 saturated carbocycles. The van der Waals surface area contributed by atoms with Crippen molar-refractivity contribution in [3.63, 3.8) is 0 Å². The number of anilines is 1. The van der Waals surface area contributed by atoms with Crippen LogP contribution in [0.15, 0.2) is 54.9 Å². The van der Waals surface area contributed by atoms with E-state index in [0.29, 0.717) is 35.4 Å². The van der Waals surface area contributed by atoms with Crippen LogP contribution in [0.25, 0.3) is 0 Å². The van der Waals surface area contributed by atoms with Gasteiger partial charge in [-0.3, -0.25) is 9.78 Å². The molecule has 0 fully saturated rings. The van der Waals surface area contributed by atoms with Gasteiger partial charge in [-0.1, -0.05) is 29.8 Å². The highest BCUT2D eigenvalue weighted by Crippen LogP contribution is 2.14. The average Bonchev–Trinajstić information content (AvgIpc) is 2.66. The SMILES string of the molecule is Cc1cc(C(=O)NCc2ccccc2Cl)nc(NCc2ccncc2)n1. The normalized spacial score (nSPS) is 10.4. The zero-order valence-corrected chi connectivity index (χ0v) is 15.0. The van der Waals surface area contributed by atoms with E-state index in [1.807, 2.05) is 37.3 Å². The molecule has 0 aliphatic rings. The number of benzene rings is 1. The molecule has 2 heterocycles. The van der Waals surface area contributed by atoms with Crippen LogP contribution < -0.4 is 10.6 Å². The molecule has 7 heteroatoms. The summed E-state index contributed by atoms with van der Waals surface area (Å²) >= 11 is 6.11. The van der Waals surface area contributed by atoms with Crippen molar-refractivity contribution in [2.75, 3.05) is 5.32 Å². The van der Waals surface area contributed by atoms with Crippen molar-refractivity contribution in [2.45, 2.75) is 20.0 Å². The summed E-state index contributed by atoms with van der Waals surface area (Å²) in [6.07, 6.45) is 3.45. The Kier molecular flexibility index (Phi) is 5.76. The Hall–Kier alpha value is -2.99. The molecule has 6 nitrogen and oxygen atoms in total. The zero-order valence-electron chi connectivity index (χ0n) is 14.2. The third kappa shape index (κ3) is 4.77. The predicted molar refractivity (Wildman–Crippen MR) is 101 cm³/mol. The maximum Gasteiger partial charge on any atom is 0.270 e. The standard InChI is InChI=1S/C19H18ClN5O/c1-13-10-17(18(26)22-12-15-4-2-3-5-16(15)20)25-19(24-13)23-11-14-6-8-21-9-7-14/h2-10H,11-12H2,1H3,(H,22,26)(H,23,24,25). The van der Waals surface area contributed by atoms with Crippen LogP contribution in [0, 0.1) is 6.92 Å². The number of hydrogen-bond donors (Lipinski definition) is 2. The number of pyridine rings is 1. The van der Waals surface area contributed by atoms with E-state index >= 15 is 0 Å². The number of rotatable bonds is 6. The second kappa shape index (κ2) is 8.40. The zero-order chi connectivity index (χ0) is 18.4. The van der Waals surface area contributed by atoms with Crippen molar-refractivity contribution in [1.29, 1.82) is 0 Å². The first-order valence-electron chi connectivity index (χ1n) is 8.12. The molecule has 3 rings (SSSR count). The number of nitrogens with zero attached hydrogens (tertiary/aromatic N) is 3. The summed E-state index contributed by atoms with van der Waals surface area (Å²) in [6, 6.07) is 12.8. The largest absolute Gasteiger partial charge is 0.350 e. The summed E-state index contributed by atoms with van der Waals surface area (Å²) in [5, 5.41) is 6.58. The van der Waals surface area contributed by atoms with Crippen LogP contribution >= 0.6 is 11.6 Å². The van der Waals surface area contributed by atoms with Gasteiger partial charge in [0.05, 0.1) is 0 Å². The molecule has 0 aliphatic heterocycles. The van der Waals surface area contributed by atoms with Crippen LogP contribution in [0.2, 0.25) is 5.02 Å². The molecular weight excluding hydrogens is 350 g/mol. The van der Waals surface area contributed by atoms with E-state index < -0.39 is 0 Å². The minimum absolute atomic E-state index is 0.276. The van der Waals surface area contributed by atoms with Crippen LogP contribution in [-0.2, 0) is 13.1 Å². The van der Waals surface area contributed by atoms with Gasteiger partial charge in [-0.2, -0.15) is 0 Å². The van der Waals surface area contributed by atoms with Gasteiger partial charge in [-0.15, -0.1) is 0 Å². The number of nitrogens with one attached hydrogen (secondary N) is 2. The number of hydrogen-bond acceptors (Lipinski definition) is 5. The topological polar surface area (TPSA) is 79.8 Å². The van der Waals surface area contributed by atoms with E-state index in [2.05, 4.69) is 25.6 Å². The quantitative estimate of drug-likeness (QED) is 0.698. The minimum Gasteiger partial charge on any atom is -0.350 e. The highest BCUT2D eigenvalue weighted by Gasteiger charge is 2.11. The minimum atomic E-state index is -0.276. The van der Waals surface area contributed by atoms with Gasteiger partial charge in [0.15, 0.2) is 0 Å². The number of aryl methyl sites for hydroxylation is 1. The third-order valence-corrected chi connectivity index (χ3v) is 4.05. The van der Waals surface area contributed by atoms with Crippen molar-refractivity contribution in [2.24, 2.45) is 0 Å². The van der Waals surface area contributed by atoms with Gasteiger partial charge in [0.2, 0.25) is 5.95 Å². The van der Waals surface area contributed by atoms with Gasteiger partial charge in [-0.05, 0) is 42.3 Å². The highest BCUT2D eigenvalue weighted by molar-refractivity contribution is 6.31. The molecule has 26 heavy (non-hydrogen) atoms. The summed E-state index contributed by atoms with van der Waals surface area (Å²) in [7, 11) is 0. The van der Waals surface area contributed by atoms with Gasteiger partial charge in [0.1, 0.15) is 5.69 Å². The average molecular weight is 368 g/mol.